The van der Waals surface area contributed by atoms with Crippen LogP contribution in [0, 0.1) is 0 Å². The summed E-state index contributed by atoms with van der Waals surface area (Å²) in [7, 11) is 0. The Kier molecular flexibility index (Phi) is 3.22. The summed E-state index contributed by atoms with van der Waals surface area (Å²) in [4.78, 5) is 22.1. The van der Waals surface area contributed by atoms with E-state index in [1.54, 1.807) is 6.33 Å². The van der Waals surface area contributed by atoms with E-state index in [4.69, 9.17) is 0 Å². The van der Waals surface area contributed by atoms with Gasteiger partial charge in [0.2, 0.25) is 5.91 Å². The van der Waals surface area contributed by atoms with Gasteiger partial charge >= 0.3 is 0 Å². The molecule has 22 heavy (non-hydrogen) atoms. The zero-order chi connectivity index (χ0) is 15.0. The Labute approximate surface area is 129 Å². The van der Waals surface area contributed by atoms with E-state index in [0.29, 0.717) is 19.5 Å². The number of rotatable bonds is 2. The topological polar surface area (TPSA) is 61.0 Å². The third kappa shape index (κ3) is 2.22. The lowest BCUT2D eigenvalue weighted by Gasteiger charge is -2.44. The number of imidazole rings is 1. The van der Waals surface area contributed by atoms with Gasteiger partial charge in [-0.2, -0.15) is 0 Å². The molecule has 1 aromatic heterocycles. The number of aromatic nitrogens is 2. The molecule has 1 spiro atoms. The maximum Gasteiger partial charge on any atom is 0.223 e. The van der Waals surface area contributed by atoms with Crippen LogP contribution in [0.1, 0.15) is 29.8 Å². The van der Waals surface area contributed by atoms with Crippen LogP contribution in [0.4, 0.5) is 0 Å². The SMILES string of the molecule is O=C1CC[C@]2(CN1Cc1ccccc1)NCCc1[nH]cnc12. The molecule has 5 heteroatoms. The van der Waals surface area contributed by atoms with Crippen LogP contribution < -0.4 is 5.32 Å². The molecular formula is C17H20N4O. The van der Waals surface area contributed by atoms with Crippen LogP contribution in [0.3, 0.4) is 0 Å². The Balaban J connectivity index is 1.61. The average molecular weight is 296 g/mol. The van der Waals surface area contributed by atoms with Crippen molar-refractivity contribution in [2.24, 2.45) is 0 Å². The van der Waals surface area contributed by atoms with Crippen molar-refractivity contribution in [3.8, 4) is 0 Å². The monoisotopic (exact) mass is 296 g/mol. The van der Waals surface area contributed by atoms with Crippen LogP contribution in [-0.2, 0) is 23.3 Å². The molecule has 1 aromatic carbocycles. The third-order valence-electron chi connectivity index (χ3n) is 4.81. The minimum Gasteiger partial charge on any atom is -0.348 e. The van der Waals surface area contributed by atoms with Gasteiger partial charge in [0.05, 0.1) is 17.6 Å². The van der Waals surface area contributed by atoms with E-state index < -0.39 is 0 Å². The molecule has 4 rings (SSSR count). The molecule has 1 atom stereocenters. The number of hydrogen-bond acceptors (Lipinski definition) is 3. The van der Waals surface area contributed by atoms with Crippen molar-refractivity contribution in [1.82, 2.24) is 20.2 Å². The lowest BCUT2D eigenvalue weighted by atomic mass is 9.81. The molecule has 2 aromatic rings. The normalized spacial score (nSPS) is 24.5. The van der Waals surface area contributed by atoms with Gasteiger partial charge in [0.1, 0.15) is 0 Å². The van der Waals surface area contributed by atoms with Crippen molar-refractivity contribution in [1.29, 1.82) is 0 Å². The molecule has 114 valence electrons. The minimum absolute atomic E-state index is 0.184. The van der Waals surface area contributed by atoms with E-state index in [-0.39, 0.29) is 11.4 Å². The van der Waals surface area contributed by atoms with Crippen molar-refractivity contribution >= 4 is 5.91 Å². The highest BCUT2D eigenvalue weighted by Crippen LogP contribution is 2.35. The summed E-state index contributed by atoms with van der Waals surface area (Å²) in [5, 5.41) is 3.64. The lowest BCUT2D eigenvalue weighted by Crippen LogP contribution is -2.58. The molecule has 0 unspecified atom stereocenters. The van der Waals surface area contributed by atoms with Crippen LogP contribution >= 0.6 is 0 Å². The third-order valence-corrected chi connectivity index (χ3v) is 4.81. The molecule has 1 fully saturated rings. The zero-order valence-corrected chi connectivity index (χ0v) is 12.5. The number of piperidine rings is 1. The molecule has 1 saturated heterocycles. The molecule has 0 radical (unpaired) electrons. The predicted molar refractivity (Wildman–Crippen MR) is 83.1 cm³/mol. The number of H-pyrrole nitrogens is 1. The fraction of sp³-hybridized carbons (Fsp3) is 0.412. The second-order valence-electron chi connectivity index (χ2n) is 6.22. The van der Waals surface area contributed by atoms with Gasteiger partial charge in [0.15, 0.2) is 0 Å². The van der Waals surface area contributed by atoms with Crippen LogP contribution in [0.2, 0.25) is 0 Å². The maximum absolute atomic E-state index is 12.3. The maximum atomic E-state index is 12.3. The quantitative estimate of drug-likeness (QED) is 0.884. The van der Waals surface area contributed by atoms with Gasteiger partial charge in [-0.25, -0.2) is 4.98 Å². The summed E-state index contributed by atoms with van der Waals surface area (Å²) in [6.45, 7) is 2.30. The minimum atomic E-state index is -0.184. The molecule has 0 bridgehead atoms. The van der Waals surface area contributed by atoms with E-state index in [9.17, 15) is 4.79 Å². The van der Waals surface area contributed by atoms with E-state index >= 15 is 0 Å². The molecule has 3 heterocycles. The van der Waals surface area contributed by atoms with Gasteiger partial charge in [-0.15, -0.1) is 0 Å². The molecule has 2 N–H and O–H groups in total. The number of nitrogens with zero attached hydrogens (tertiary/aromatic N) is 2. The fourth-order valence-electron chi connectivity index (χ4n) is 3.69. The highest BCUT2D eigenvalue weighted by molar-refractivity contribution is 5.77. The molecule has 5 nitrogen and oxygen atoms in total. The molecule has 0 saturated carbocycles. The summed E-state index contributed by atoms with van der Waals surface area (Å²) in [5.41, 5.74) is 3.30. The summed E-state index contributed by atoms with van der Waals surface area (Å²) in [5.74, 6) is 0.235. The van der Waals surface area contributed by atoms with Gasteiger partial charge in [0.25, 0.3) is 0 Å². The number of hydrogen-bond donors (Lipinski definition) is 2. The van der Waals surface area contributed by atoms with Crippen molar-refractivity contribution in [2.45, 2.75) is 31.3 Å². The van der Waals surface area contributed by atoms with Crippen LogP contribution in [-0.4, -0.2) is 33.9 Å². The van der Waals surface area contributed by atoms with Crippen LogP contribution in [0.5, 0.6) is 0 Å². The number of carbonyl (C=O) groups is 1. The Bertz CT molecular complexity index is 681. The van der Waals surface area contributed by atoms with Crippen molar-refractivity contribution in [2.75, 3.05) is 13.1 Å². The number of nitrogens with one attached hydrogen (secondary N) is 2. The van der Waals surface area contributed by atoms with E-state index in [1.165, 1.54) is 11.3 Å². The Morgan fingerprint density at radius 1 is 1.23 bits per heavy atom. The summed E-state index contributed by atoms with van der Waals surface area (Å²) in [6, 6.07) is 10.2. The summed E-state index contributed by atoms with van der Waals surface area (Å²) >= 11 is 0. The lowest BCUT2D eigenvalue weighted by molar-refractivity contribution is -0.137. The second kappa shape index (κ2) is 5.25. The molecule has 0 aliphatic carbocycles. The Hall–Kier alpha value is -2.14. The fourth-order valence-corrected chi connectivity index (χ4v) is 3.69. The largest absolute Gasteiger partial charge is 0.348 e. The Morgan fingerprint density at radius 2 is 2.09 bits per heavy atom. The number of aromatic amines is 1. The summed E-state index contributed by atoms with van der Waals surface area (Å²) < 4.78 is 0. The van der Waals surface area contributed by atoms with Crippen LogP contribution in [0.25, 0.3) is 0 Å². The van der Waals surface area contributed by atoms with Crippen LogP contribution in [0.15, 0.2) is 36.7 Å². The first-order chi connectivity index (χ1) is 10.8. The average Bonchev–Trinajstić information content (AvgIpc) is 3.03. The van der Waals surface area contributed by atoms with Crippen molar-refractivity contribution < 1.29 is 4.79 Å². The van der Waals surface area contributed by atoms with Gasteiger partial charge < -0.3 is 15.2 Å². The highest BCUT2D eigenvalue weighted by Gasteiger charge is 2.44. The van der Waals surface area contributed by atoms with Gasteiger partial charge in [-0.3, -0.25) is 4.79 Å². The zero-order valence-electron chi connectivity index (χ0n) is 12.5. The Morgan fingerprint density at radius 3 is 2.95 bits per heavy atom. The van der Waals surface area contributed by atoms with E-state index in [2.05, 4.69) is 27.4 Å². The number of fused-ring (bicyclic) bond motifs is 2. The standard InChI is InChI=1S/C17H20N4O/c22-15-6-8-17(16-14(7-9-20-17)18-12-19-16)11-21(15)10-13-4-2-1-3-5-13/h1-5,12,20H,6-11H2,(H,18,19)/t17-/m1/s1. The first-order valence-corrected chi connectivity index (χ1v) is 7.86. The van der Waals surface area contributed by atoms with Gasteiger partial charge in [-0.05, 0) is 12.0 Å². The molecule has 1 amide bonds. The number of carbonyl (C=O) groups excluding carboxylic acids is 1. The summed E-state index contributed by atoms with van der Waals surface area (Å²) in [6.07, 6.45) is 4.15. The van der Waals surface area contributed by atoms with Gasteiger partial charge in [-0.1, -0.05) is 30.3 Å². The van der Waals surface area contributed by atoms with Gasteiger partial charge in [0, 0.05) is 38.2 Å². The number of likely N-dealkylation sites (tertiary alicyclic amines) is 1. The highest BCUT2D eigenvalue weighted by atomic mass is 16.2. The van der Waals surface area contributed by atoms with Crippen molar-refractivity contribution in [3.63, 3.8) is 0 Å². The number of amides is 1. The first kappa shape index (κ1) is 13.5. The molecule has 2 aliphatic heterocycles. The smallest absolute Gasteiger partial charge is 0.223 e. The van der Waals surface area contributed by atoms with E-state index in [0.717, 1.165) is 25.1 Å². The van der Waals surface area contributed by atoms with E-state index in [1.807, 2.05) is 23.1 Å². The molecule has 2 aliphatic rings. The predicted octanol–water partition coefficient (Wildman–Crippen LogP) is 1.57. The first-order valence-electron chi connectivity index (χ1n) is 7.86. The van der Waals surface area contributed by atoms with Crippen molar-refractivity contribution in [3.05, 3.63) is 53.6 Å². The molecular weight excluding hydrogens is 276 g/mol. The number of benzene rings is 1. The second-order valence-corrected chi connectivity index (χ2v) is 6.22.